The Balaban J connectivity index is 1.19. The van der Waals surface area contributed by atoms with Crippen molar-refractivity contribution in [1.82, 2.24) is 25.1 Å². The van der Waals surface area contributed by atoms with Gasteiger partial charge >= 0.3 is 6.18 Å². The van der Waals surface area contributed by atoms with Gasteiger partial charge in [-0.3, -0.25) is 9.59 Å². The van der Waals surface area contributed by atoms with Crippen LogP contribution in [0.1, 0.15) is 5.56 Å². The summed E-state index contributed by atoms with van der Waals surface area (Å²) >= 11 is 0. The first-order valence-electron chi connectivity index (χ1n) is 10.4. The number of nitrogens with zero attached hydrogens (tertiary/aromatic N) is 5. The smallest absolute Gasteiger partial charge is 0.419 e. The maximum absolute atomic E-state index is 12.6. The number of anilines is 1. The number of H-pyrrole nitrogens is 1. The number of carbonyl (C=O) groups excluding carboxylic acids is 1. The number of aromatic nitrogens is 4. The van der Waals surface area contributed by atoms with Gasteiger partial charge in [-0.2, -0.15) is 18.3 Å². The zero-order chi connectivity index (χ0) is 24.1. The highest BCUT2D eigenvalue weighted by atomic mass is 19.4. The number of fused-ring (bicyclic) bond motifs is 1. The number of aromatic amines is 1. The van der Waals surface area contributed by atoms with E-state index in [0.29, 0.717) is 42.7 Å². The fourth-order valence-corrected chi connectivity index (χ4v) is 3.46. The first-order valence-corrected chi connectivity index (χ1v) is 10.4. The standard InChI is InChI=1S/C21H21F3N6O4/c22-21(23,24)14-10-25-20(26-11-14)30-6-4-29(5-7-30)18(31)13-33-8-9-34-17-3-1-2-15-16(17)12-27-28-19(15)32/h1-3,10-12H,4-9,13H2,(H,28,32). The van der Waals surface area contributed by atoms with Gasteiger partial charge in [-0.15, -0.1) is 0 Å². The molecule has 0 atom stereocenters. The Hall–Kier alpha value is -3.74. The lowest BCUT2D eigenvalue weighted by molar-refractivity contribution is -0.138. The fourth-order valence-electron chi connectivity index (χ4n) is 3.46. The lowest BCUT2D eigenvalue weighted by atomic mass is 10.2. The number of halogens is 3. The largest absolute Gasteiger partial charge is 0.490 e. The molecule has 10 nitrogen and oxygen atoms in total. The van der Waals surface area contributed by atoms with Crippen LogP contribution in [0.15, 0.2) is 41.6 Å². The number of alkyl halides is 3. The van der Waals surface area contributed by atoms with Gasteiger partial charge in [0.2, 0.25) is 11.9 Å². The number of hydrogen-bond acceptors (Lipinski definition) is 8. The summed E-state index contributed by atoms with van der Waals surface area (Å²) in [6.07, 6.45) is -1.48. The Bertz CT molecular complexity index is 1190. The molecule has 1 fully saturated rings. The highest BCUT2D eigenvalue weighted by Gasteiger charge is 2.32. The molecule has 34 heavy (non-hydrogen) atoms. The molecule has 1 aliphatic rings. The van der Waals surface area contributed by atoms with E-state index in [1.807, 2.05) is 0 Å². The molecule has 4 rings (SSSR count). The third-order valence-corrected chi connectivity index (χ3v) is 5.26. The maximum Gasteiger partial charge on any atom is 0.419 e. The first-order chi connectivity index (χ1) is 16.3. The molecule has 0 unspecified atom stereocenters. The Labute approximate surface area is 191 Å². The normalized spacial score (nSPS) is 14.4. The highest BCUT2D eigenvalue weighted by Crippen LogP contribution is 2.28. The third-order valence-electron chi connectivity index (χ3n) is 5.26. The van der Waals surface area contributed by atoms with Crippen LogP contribution in [0, 0.1) is 0 Å². The molecule has 0 aliphatic carbocycles. The Morgan fingerprint density at radius 2 is 1.76 bits per heavy atom. The minimum atomic E-state index is -4.49. The van der Waals surface area contributed by atoms with Crippen LogP contribution in [0.5, 0.6) is 5.75 Å². The van der Waals surface area contributed by atoms with Crippen molar-refractivity contribution in [2.45, 2.75) is 6.18 Å². The third kappa shape index (κ3) is 5.42. The van der Waals surface area contributed by atoms with Crippen molar-refractivity contribution < 1.29 is 27.4 Å². The van der Waals surface area contributed by atoms with Gasteiger partial charge in [0.1, 0.15) is 19.0 Å². The molecule has 1 N–H and O–H groups in total. The van der Waals surface area contributed by atoms with Gasteiger partial charge in [0, 0.05) is 44.0 Å². The number of rotatable bonds is 7. The van der Waals surface area contributed by atoms with Crippen molar-refractivity contribution in [3.05, 3.63) is 52.7 Å². The van der Waals surface area contributed by atoms with E-state index in [9.17, 15) is 22.8 Å². The Morgan fingerprint density at radius 1 is 1.03 bits per heavy atom. The van der Waals surface area contributed by atoms with Gasteiger partial charge in [-0.05, 0) is 12.1 Å². The van der Waals surface area contributed by atoms with E-state index in [4.69, 9.17) is 9.47 Å². The SMILES string of the molecule is O=C(COCCOc1cccc2c(=O)[nH]ncc12)N1CCN(c2ncc(C(F)(F)F)cn2)CC1. The Kier molecular flexibility index (Phi) is 6.91. The molecule has 1 saturated heterocycles. The van der Waals surface area contributed by atoms with Gasteiger partial charge in [-0.25, -0.2) is 15.1 Å². The minimum absolute atomic E-state index is 0.128. The maximum atomic E-state index is 12.6. The fraction of sp³-hybridized carbons (Fsp3) is 0.381. The molecule has 3 aromatic rings. The lowest BCUT2D eigenvalue weighted by Gasteiger charge is -2.34. The van der Waals surface area contributed by atoms with E-state index < -0.39 is 11.7 Å². The van der Waals surface area contributed by atoms with Crippen LogP contribution in [-0.4, -0.2) is 77.0 Å². The van der Waals surface area contributed by atoms with Crippen LogP contribution in [0.3, 0.4) is 0 Å². The van der Waals surface area contributed by atoms with E-state index >= 15 is 0 Å². The summed E-state index contributed by atoms with van der Waals surface area (Å²) < 4.78 is 49.0. The molecule has 0 saturated carbocycles. The molecule has 1 aromatic carbocycles. The molecule has 1 aliphatic heterocycles. The predicted molar refractivity (Wildman–Crippen MR) is 115 cm³/mol. The lowest BCUT2D eigenvalue weighted by Crippen LogP contribution is -2.50. The zero-order valence-electron chi connectivity index (χ0n) is 17.9. The van der Waals surface area contributed by atoms with Crippen LogP contribution in [0.25, 0.3) is 10.8 Å². The first kappa shape index (κ1) is 23.4. The molecule has 13 heteroatoms. The minimum Gasteiger partial charge on any atom is -0.490 e. The van der Waals surface area contributed by atoms with Gasteiger partial charge in [-0.1, -0.05) is 6.07 Å². The van der Waals surface area contributed by atoms with E-state index in [1.165, 1.54) is 6.20 Å². The number of amides is 1. The zero-order valence-corrected chi connectivity index (χ0v) is 17.9. The number of nitrogens with one attached hydrogen (secondary N) is 1. The molecule has 0 bridgehead atoms. The summed E-state index contributed by atoms with van der Waals surface area (Å²) in [6, 6.07) is 5.09. The molecule has 0 radical (unpaired) electrons. The van der Waals surface area contributed by atoms with Crippen molar-refractivity contribution in [3.63, 3.8) is 0 Å². The van der Waals surface area contributed by atoms with Crippen molar-refractivity contribution >= 4 is 22.6 Å². The van der Waals surface area contributed by atoms with E-state index in [-0.39, 0.29) is 37.2 Å². The predicted octanol–water partition coefficient (Wildman–Crippen LogP) is 1.48. The molecule has 0 spiro atoms. The van der Waals surface area contributed by atoms with Crippen LogP contribution >= 0.6 is 0 Å². The van der Waals surface area contributed by atoms with Crippen molar-refractivity contribution in [2.24, 2.45) is 0 Å². The molecule has 3 heterocycles. The van der Waals surface area contributed by atoms with Crippen molar-refractivity contribution in [3.8, 4) is 5.75 Å². The summed E-state index contributed by atoms with van der Waals surface area (Å²) in [5.74, 6) is 0.487. The monoisotopic (exact) mass is 478 g/mol. The Morgan fingerprint density at radius 3 is 2.47 bits per heavy atom. The highest BCUT2D eigenvalue weighted by molar-refractivity contribution is 5.86. The summed E-state index contributed by atoms with van der Waals surface area (Å²) in [5, 5.41) is 7.18. The summed E-state index contributed by atoms with van der Waals surface area (Å²) in [6.45, 7) is 1.76. The van der Waals surface area contributed by atoms with Crippen LogP contribution in [0.2, 0.25) is 0 Å². The van der Waals surface area contributed by atoms with Crippen molar-refractivity contribution in [1.29, 1.82) is 0 Å². The van der Waals surface area contributed by atoms with Crippen molar-refractivity contribution in [2.75, 3.05) is 50.9 Å². The number of ether oxygens (including phenoxy) is 2. The van der Waals surface area contributed by atoms with Gasteiger partial charge in [0.05, 0.1) is 23.8 Å². The number of benzene rings is 1. The van der Waals surface area contributed by atoms with Gasteiger partial charge < -0.3 is 19.3 Å². The second-order valence-electron chi connectivity index (χ2n) is 7.45. The summed E-state index contributed by atoms with van der Waals surface area (Å²) in [5.41, 5.74) is -1.22. The van der Waals surface area contributed by atoms with E-state index in [1.54, 1.807) is 28.0 Å². The molecular formula is C21H21F3N6O4. The summed E-state index contributed by atoms with van der Waals surface area (Å²) in [4.78, 5) is 35.1. The number of piperazine rings is 1. The van der Waals surface area contributed by atoms with Gasteiger partial charge in [0.15, 0.2) is 0 Å². The topological polar surface area (TPSA) is 114 Å². The molecule has 2 aromatic heterocycles. The molecule has 180 valence electrons. The van der Waals surface area contributed by atoms with E-state index in [0.717, 1.165) is 12.4 Å². The quantitative estimate of drug-likeness (QED) is 0.508. The van der Waals surface area contributed by atoms with Crippen LogP contribution < -0.4 is 15.2 Å². The number of carbonyl (C=O) groups is 1. The number of hydrogen-bond donors (Lipinski definition) is 1. The second-order valence-corrected chi connectivity index (χ2v) is 7.45. The molecule has 1 amide bonds. The van der Waals surface area contributed by atoms with Crippen LogP contribution in [0.4, 0.5) is 19.1 Å². The van der Waals surface area contributed by atoms with Crippen LogP contribution in [-0.2, 0) is 15.7 Å². The second kappa shape index (κ2) is 10.0. The van der Waals surface area contributed by atoms with Gasteiger partial charge in [0.25, 0.3) is 5.56 Å². The van der Waals surface area contributed by atoms with E-state index in [2.05, 4.69) is 20.2 Å². The average Bonchev–Trinajstić information content (AvgIpc) is 2.84. The average molecular weight is 478 g/mol. The summed E-state index contributed by atoms with van der Waals surface area (Å²) in [7, 11) is 0. The molecular weight excluding hydrogens is 457 g/mol.